The van der Waals surface area contributed by atoms with Crippen LogP contribution in [0.1, 0.15) is 25.7 Å². The molecule has 1 aromatic carbocycles. The van der Waals surface area contributed by atoms with Crippen LogP contribution in [-0.2, 0) is 0 Å². The average molecular weight is 395 g/mol. The highest BCUT2D eigenvalue weighted by atomic mass is 19.1. The quantitative estimate of drug-likeness (QED) is 0.686. The Morgan fingerprint density at radius 2 is 1.97 bits per heavy atom. The minimum absolute atomic E-state index is 0.341. The molecule has 3 heterocycles. The molecule has 1 aliphatic carbocycles. The molecule has 7 nitrogen and oxygen atoms in total. The zero-order chi connectivity index (χ0) is 19.8. The number of rotatable bonds is 5. The third-order valence-corrected chi connectivity index (χ3v) is 5.92. The van der Waals surface area contributed by atoms with E-state index < -0.39 is 5.82 Å². The molecule has 0 atom stereocenters. The number of piperidine rings is 1. The zero-order valence-electron chi connectivity index (χ0n) is 16.2. The second-order valence-corrected chi connectivity index (χ2v) is 7.78. The van der Waals surface area contributed by atoms with Crippen LogP contribution >= 0.6 is 0 Å². The average Bonchev–Trinajstić information content (AvgIpc) is 3.34. The third kappa shape index (κ3) is 3.62. The summed E-state index contributed by atoms with van der Waals surface area (Å²) in [7, 11) is 1.50. The summed E-state index contributed by atoms with van der Waals surface area (Å²) in [5, 5.41) is 7.05. The zero-order valence-corrected chi connectivity index (χ0v) is 16.2. The minimum atomic E-state index is -0.424. The predicted octanol–water partition coefficient (Wildman–Crippen LogP) is 4.40. The van der Waals surface area contributed by atoms with E-state index in [0.717, 1.165) is 13.1 Å². The number of hydrogen-bond acceptors (Lipinski definition) is 7. The van der Waals surface area contributed by atoms with Crippen LogP contribution in [0, 0.1) is 11.2 Å². The largest absolute Gasteiger partial charge is 0.497 e. The SMILES string of the molecule is COc1ccc(-c2cc(Nc3ccnc(N4CCC5(CC4)CC5)n3)on2)c(F)c1. The van der Waals surface area contributed by atoms with E-state index in [1.165, 1.54) is 38.9 Å². The van der Waals surface area contributed by atoms with E-state index in [9.17, 15) is 4.39 Å². The van der Waals surface area contributed by atoms with Gasteiger partial charge in [-0.1, -0.05) is 5.16 Å². The normalized spacial score (nSPS) is 17.4. The van der Waals surface area contributed by atoms with Crippen LogP contribution in [0.15, 0.2) is 41.1 Å². The Morgan fingerprint density at radius 3 is 2.69 bits per heavy atom. The monoisotopic (exact) mass is 395 g/mol. The lowest BCUT2D eigenvalue weighted by Gasteiger charge is -2.32. The van der Waals surface area contributed by atoms with Crippen molar-refractivity contribution in [2.75, 3.05) is 30.4 Å². The summed E-state index contributed by atoms with van der Waals surface area (Å²) < 4.78 is 24.6. The number of aromatic nitrogens is 3. The van der Waals surface area contributed by atoms with Gasteiger partial charge in [0, 0.05) is 37.0 Å². The summed E-state index contributed by atoms with van der Waals surface area (Å²) >= 11 is 0. The van der Waals surface area contributed by atoms with Crippen LogP contribution < -0.4 is 15.0 Å². The van der Waals surface area contributed by atoms with Gasteiger partial charge in [0.15, 0.2) is 0 Å². The van der Waals surface area contributed by atoms with Crippen LogP contribution in [0.5, 0.6) is 5.75 Å². The van der Waals surface area contributed by atoms with Gasteiger partial charge >= 0.3 is 0 Å². The number of anilines is 3. The van der Waals surface area contributed by atoms with E-state index >= 15 is 0 Å². The highest BCUT2D eigenvalue weighted by molar-refractivity contribution is 5.65. The van der Waals surface area contributed by atoms with Crippen LogP contribution in [-0.4, -0.2) is 35.3 Å². The van der Waals surface area contributed by atoms with Crippen LogP contribution in [0.25, 0.3) is 11.3 Å². The van der Waals surface area contributed by atoms with Gasteiger partial charge in [-0.25, -0.2) is 9.37 Å². The molecule has 0 bridgehead atoms. The molecule has 2 fully saturated rings. The van der Waals surface area contributed by atoms with Gasteiger partial charge in [-0.2, -0.15) is 4.98 Å². The van der Waals surface area contributed by atoms with Gasteiger partial charge < -0.3 is 19.5 Å². The maximum absolute atomic E-state index is 14.3. The molecule has 150 valence electrons. The fourth-order valence-corrected chi connectivity index (χ4v) is 3.85. The summed E-state index contributed by atoms with van der Waals surface area (Å²) in [5.74, 6) is 1.74. The first-order valence-electron chi connectivity index (χ1n) is 9.80. The molecule has 1 aliphatic heterocycles. The van der Waals surface area contributed by atoms with Crippen molar-refractivity contribution in [1.82, 2.24) is 15.1 Å². The van der Waals surface area contributed by atoms with E-state index in [1.54, 1.807) is 30.5 Å². The fourth-order valence-electron chi connectivity index (χ4n) is 3.85. The van der Waals surface area contributed by atoms with E-state index in [-0.39, 0.29) is 0 Å². The van der Waals surface area contributed by atoms with Gasteiger partial charge in [-0.3, -0.25) is 0 Å². The molecule has 1 saturated heterocycles. The Bertz CT molecular complexity index is 1020. The Hall–Kier alpha value is -3.16. The molecule has 2 aliphatic rings. The number of halogens is 1. The molecule has 0 unspecified atom stereocenters. The van der Waals surface area contributed by atoms with E-state index in [4.69, 9.17) is 9.26 Å². The first-order chi connectivity index (χ1) is 14.1. The summed E-state index contributed by atoms with van der Waals surface area (Å²) in [5.41, 5.74) is 1.35. The van der Waals surface area contributed by atoms with Gasteiger partial charge in [-0.05, 0) is 49.3 Å². The predicted molar refractivity (Wildman–Crippen MR) is 107 cm³/mol. The number of benzene rings is 1. The second kappa shape index (κ2) is 7.02. The summed E-state index contributed by atoms with van der Waals surface area (Å²) in [6.07, 6.45) is 6.89. The summed E-state index contributed by atoms with van der Waals surface area (Å²) in [6, 6.07) is 8.03. The molecule has 0 amide bonds. The number of nitrogens with one attached hydrogen (secondary N) is 1. The van der Waals surface area contributed by atoms with Crippen molar-refractivity contribution in [2.24, 2.45) is 5.41 Å². The molecule has 0 radical (unpaired) electrons. The van der Waals surface area contributed by atoms with Gasteiger partial charge in [0.25, 0.3) is 0 Å². The van der Waals surface area contributed by atoms with E-state index in [0.29, 0.717) is 40.1 Å². The van der Waals surface area contributed by atoms with E-state index in [1.807, 2.05) is 0 Å². The van der Waals surface area contributed by atoms with Crippen LogP contribution in [0.4, 0.5) is 22.0 Å². The van der Waals surface area contributed by atoms with Crippen LogP contribution in [0.3, 0.4) is 0 Å². The molecule has 1 saturated carbocycles. The Labute approximate surface area is 167 Å². The standard InChI is InChI=1S/C21H22FN5O2/c1-28-14-2-3-15(16(22)12-14)17-13-19(29-26-17)24-18-4-9-23-20(25-18)27-10-7-21(5-6-21)8-11-27/h2-4,9,12-13H,5-8,10-11H2,1H3,(H,23,24,25). The molecule has 29 heavy (non-hydrogen) atoms. The topological polar surface area (TPSA) is 76.3 Å². The lowest BCUT2D eigenvalue weighted by atomic mass is 9.94. The highest BCUT2D eigenvalue weighted by Crippen LogP contribution is 2.53. The Morgan fingerprint density at radius 1 is 1.14 bits per heavy atom. The number of ether oxygens (including phenoxy) is 1. The van der Waals surface area contributed by atoms with Crippen molar-refractivity contribution in [2.45, 2.75) is 25.7 Å². The highest BCUT2D eigenvalue weighted by Gasteiger charge is 2.44. The van der Waals surface area contributed by atoms with Crippen molar-refractivity contribution in [3.8, 4) is 17.0 Å². The maximum atomic E-state index is 14.3. The lowest BCUT2D eigenvalue weighted by Crippen LogP contribution is -2.35. The van der Waals surface area contributed by atoms with Crippen molar-refractivity contribution in [3.63, 3.8) is 0 Å². The molecule has 1 N–H and O–H groups in total. The lowest BCUT2D eigenvalue weighted by molar-refractivity contribution is 0.381. The second-order valence-electron chi connectivity index (χ2n) is 7.78. The molecular weight excluding hydrogens is 373 g/mol. The smallest absolute Gasteiger partial charge is 0.230 e. The molecule has 2 aromatic heterocycles. The van der Waals surface area contributed by atoms with Gasteiger partial charge in [-0.15, -0.1) is 0 Å². The molecule has 5 rings (SSSR count). The van der Waals surface area contributed by atoms with Crippen molar-refractivity contribution >= 4 is 17.7 Å². The van der Waals surface area contributed by atoms with E-state index in [2.05, 4.69) is 25.3 Å². The fraction of sp³-hybridized carbons (Fsp3) is 0.381. The number of hydrogen-bond donors (Lipinski definition) is 1. The van der Waals surface area contributed by atoms with Crippen LogP contribution in [0.2, 0.25) is 0 Å². The Kier molecular flexibility index (Phi) is 4.34. The molecule has 1 spiro atoms. The molecule has 8 heteroatoms. The number of nitrogens with zero attached hydrogens (tertiary/aromatic N) is 4. The summed E-state index contributed by atoms with van der Waals surface area (Å²) in [6.45, 7) is 1.99. The Balaban J connectivity index is 1.30. The van der Waals surface area contributed by atoms with Gasteiger partial charge in [0.2, 0.25) is 11.8 Å². The molecule has 3 aromatic rings. The maximum Gasteiger partial charge on any atom is 0.230 e. The third-order valence-electron chi connectivity index (χ3n) is 5.92. The summed E-state index contributed by atoms with van der Waals surface area (Å²) in [4.78, 5) is 11.3. The van der Waals surface area contributed by atoms with Gasteiger partial charge in [0.1, 0.15) is 23.1 Å². The van der Waals surface area contributed by atoms with Crippen molar-refractivity contribution in [1.29, 1.82) is 0 Å². The number of methoxy groups -OCH3 is 1. The first kappa shape index (κ1) is 17.9. The molecular formula is C21H22FN5O2. The first-order valence-corrected chi connectivity index (χ1v) is 9.80. The van der Waals surface area contributed by atoms with Gasteiger partial charge in [0.05, 0.1) is 7.11 Å². The van der Waals surface area contributed by atoms with Crippen molar-refractivity contribution < 1.29 is 13.7 Å². The van der Waals surface area contributed by atoms with Crippen molar-refractivity contribution in [3.05, 3.63) is 42.3 Å². The minimum Gasteiger partial charge on any atom is -0.497 e.